The predicted octanol–water partition coefficient (Wildman–Crippen LogP) is 2.58. The number of fused-ring (bicyclic) bond motifs is 1. The van der Waals surface area contributed by atoms with Crippen molar-refractivity contribution in [2.24, 2.45) is 0 Å². The van der Waals surface area contributed by atoms with Crippen molar-refractivity contribution in [1.29, 1.82) is 0 Å². The summed E-state index contributed by atoms with van der Waals surface area (Å²) < 4.78 is 11.4. The van der Waals surface area contributed by atoms with E-state index < -0.39 is 6.04 Å². The lowest BCUT2D eigenvalue weighted by Crippen LogP contribution is -2.63. The van der Waals surface area contributed by atoms with Gasteiger partial charge in [-0.25, -0.2) is 9.97 Å². The van der Waals surface area contributed by atoms with Gasteiger partial charge in [0.25, 0.3) is 5.91 Å². The first-order valence-corrected chi connectivity index (χ1v) is 11.5. The summed E-state index contributed by atoms with van der Waals surface area (Å²) in [5.74, 6) is -0.0416. The molecule has 1 aliphatic heterocycles. The zero-order valence-corrected chi connectivity index (χ0v) is 19.8. The molecule has 11 heteroatoms. The van der Waals surface area contributed by atoms with Gasteiger partial charge in [-0.3, -0.25) is 9.59 Å². The van der Waals surface area contributed by atoms with Crippen LogP contribution in [0.5, 0.6) is 5.06 Å². The van der Waals surface area contributed by atoms with Gasteiger partial charge >= 0.3 is 0 Å². The number of ether oxygens (including phenoxy) is 2. The lowest BCUT2D eigenvalue weighted by Gasteiger charge is -2.44. The lowest BCUT2D eigenvalue weighted by atomic mass is 10.0. The topological polar surface area (TPSA) is 111 Å². The Hall–Kier alpha value is -2.95. The maximum absolute atomic E-state index is 13.4. The Kier molecular flexibility index (Phi) is 6.96. The van der Waals surface area contributed by atoms with E-state index in [1.54, 1.807) is 17.0 Å². The second-order valence-electron chi connectivity index (χ2n) is 7.79. The van der Waals surface area contributed by atoms with Crippen molar-refractivity contribution in [3.05, 3.63) is 46.6 Å². The van der Waals surface area contributed by atoms with Crippen LogP contribution < -0.4 is 10.5 Å². The maximum atomic E-state index is 13.4. The fourth-order valence-corrected chi connectivity index (χ4v) is 4.76. The first-order chi connectivity index (χ1) is 15.9. The van der Waals surface area contributed by atoms with Gasteiger partial charge in [0.2, 0.25) is 5.91 Å². The molecule has 1 fully saturated rings. The number of halogens is 1. The van der Waals surface area contributed by atoms with E-state index in [1.165, 1.54) is 29.7 Å². The summed E-state index contributed by atoms with van der Waals surface area (Å²) in [7, 11) is 1.51. The van der Waals surface area contributed by atoms with E-state index in [4.69, 9.17) is 26.8 Å². The monoisotopic (exact) mass is 489 g/mol. The number of carbonyl (C=O) groups is 2. The summed E-state index contributed by atoms with van der Waals surface area (Å²) in [6, 6.07) is 8.15. The highest BCUT2D eigenvalue weighted by molar-refractivity contribution is 7.17. The Bertz CT molecular complexity index is 1170. The third-order valence-electron chi connectivity index (χ3n) is 5.55. The Labute approximate surface area is 200 Å². The van der Waals surface area contributed by atoms with Crippen LogP contribution >= 0.6 is 22.9 Å². The molecule has 0 radical (unpaired) electrons. The smallest absolute Gasteiger partial charge is 0.261 e. The highest BCUT2D eigenvalue weighted by Gasteiger charge is 2.41. The predicted molar refractivity (Wildman–Crippen MR) is 126 cm³/mol. The zero-order chi connectivity index (χ0) is 23.5. The molecule has 0 saturated carbocycles. The largest absolute Gasteiger partial charge is 0.474 e. The van der Waals surface area contributed by atoms with Gasteiger partial charge in [-0.2, -0.15) is 0 Å². The molecule has 0 spiro atoms. The summed E-state index contributed by atoms with van der Waals surface area (Å²) in [5, 5.41) is 1.32. The zero-order valence-electron chi connectivity index (χ0n) is 18.2. The van der Waals surface area contributed by atoms with Crippen LogP contribution in [0, 0.1) is 0 Å². The number of methoxy groups -OCH3 is 1. The number of aromatic nitrogens is 2. The van der Waals surface area contributed by atoms with E-state index in [9.17, 15) is 9.59 Å². The molecule has 1 unspecified atom stereocenters. The Balaban J connectivity index is 1.49. The molecular formula is C22H24ClN5O4S. The second kappa shape index (κ2) is 9.90. The summed E-state index contributed by atoms with van der Waals surface area (Å²) in [5.41, 5.74) is 7.54. The number of thiophene rings is 1. The number of anilines is 1. The van der Waals surface area contributed by atoms with Crippen molar-refractivity contribution in [1.82, 2.24) is 19.8 Å². The average molecular weight is 490 g/mol. The number of carbonyl (C=O) groups excluding carboxylic acids is 2. The van der Waals surface area contributed by atoms with Gasteiger partial charge in [-0.1, -0.05) is 29.0 Å². The minimum atomic E-state index is -0.729. The molecular weight excluding hydrogens is 466 g/mol. The number of nitrogens with zero attached hydrogens (tertiary/aromatic N) is 4. The van der Waals surface area contributed by atoms with Gasteiger partial charge in [0.15, 0.2) is 11.7 Å². The summed E-state index contributed by atoms with van der Waals surface area (Å²) >= 11 is 7.16. The van der Waals surface area contributed by atoms with Crippen molar-refractivity contribution >= 4 is 51.5 Å². The van der Waals surface area contributed by atoms with Crippen LogP contribution in [0.3, 0.4) is 0 Å². The fraction of sp³-hybridized carbons (Fsp3) is 0.364. The number of hydrogen-bond donors (Lipinski definition) is 1. The normalized spacial score (nSPS) is 18.7. The fourth-order valence-electron chi connectivity index (χ4n) is 3.89. The molecule has 0 bridgehead atoms. The first-order valence-electron chi connectivity index (χ1n) is 10.3. The molecule has 174 valence electrons. The number of nitrogens with two attached hydrogens (primary N) is 1. The van der Waals surface area contributed by atoms with Crippen LogP contribution in [0.4, 0.5) is 5.82 Å². The van der Waals surface area contributed by atoms with Gasteiger partial charge in [-0.15, -0.1) is 0 Å². The molecule has 1 saturated heterocycles. The van der Waals surface area contributed by atoms with Gasteiger partial charge < -0.3 is 25.0 Å². The molecule has 4 rings (SSSR count). The second-order valence-corrected chi connectivity index (χ2v) is 9.47. The molecule has 2 atom stereocenters. The highest BCUT2D eigenvalue weighted by atomic mass is 35.5. The van der Waals surface area contributed by atoms with Crippen LogP contribution in [0.25, 0.3) is 10.9 Å². The van der Waals surface area contributed by atoms with Crippen LogP contribution in [-0.4, -0.2) is 70.5 Å². The van der Waals surface area contributed by atoms with E-state index in [0.717, 1.165) is 10.9 Å². The first kappa shape index (κ1) is 23.2. The third-order valence-corrected chi connectivity index (χ3v) is 6.70. The molecule has 2 aromatic heterocycles. The molecule has 33 heavy (non-hydrogen) atoms. The van der Waals surface area contributed by atoms with E-state index in [-0.39, 0.29) is 31.1 Å². The van der Waals surface area contributed by atoms with Crippen molar-refractivity contribution < 1.29 is 19.1 Å². The van der Waals surface area contributed by atoms with Crippen LogP contribution in [0.15, 0.2) is 36.7 Å². The van der Waals surface area contributed by atoms with Crippen molar-refractivity contribution in [2.45, 2.75) is 25.6 Å². The number of amides is 2. The minimum absolute atomic E-state index is 0.0973. The molecule has 1 aromatic carbocycles. The quantitative estimate of drug-likeness (QED) is 0.543. The Morgan fingerprint density at radius 3 is 2.85 bits per heavy atom. The highest BCUT2D eigenvalue weighted by Crippen LogP contribution is 2.28. The van der Waals surface area contributed by atoms with E-state index in [2.05, 4.69) is 9.97 Å². The molecule has 0 aliphatic carbocycles. The summed E-state index contributed by atoms with van der Waals surface area (Å²) in [4.78, 5) is 37.9. The standard InChI is InChI=1S/C22H24ClN5O4S/c1-13-8-28(19(29)11-32-20-6-5-18(23)33-20)17(10-31-2)22(30)27(13)9-14-3-4-15-16(7-14)25-12-26-21(15)24/h3-7,12-13,17H,8-11H2,1-2H3,(H2,24,25,26)/t13?,17-/m0/s1. The van der Waals surface area contributed by atoms with Crippen molar-refractivity contribution in [3.8, 4) is 5.06 Å². The van der Waals surface area contributed by atoms with E-state index >= 15 is 0 Å². The Morgan fingerprint density at radius 1 is 1.30 bits per heavy atom. The minimum Gasteiger partial charge on any atom is -0.474 e. The number of piperazine rings is 1. The van der Waals surface area contributed by atoms with Crippen LogP contribution in [0.1, 0.15) is 12.5 Å². The van der Waals surface area contributed by atoms with Gasteiger partial charge in [0, 0.05) is 31.6 Å². The van der Waals surface area contributed by atoms with Gasteiger partial charge in [0.1, 0.15) is 18.2 Å². The number of rotatable bonds is 7. The molecule has 1 aliphatic rings. The summed E-state index contributed by atoms with van der Waals surface area (Å²) in [6.45, 7) is 2.59. The van der Waals surface area contributed by atoms with E-state index in [1.807, 2.05) is 25.1 Å². The number of benzene rings is 1. The molecule has 2 N–H and O–H groups in total. The average Bonchev–Trinajstić information content (AvgIpc) is 3.22. The molecule has 9 nitrogen and oxygen atoms in total. The SMILES string of the molecule is COC[C@H]1C(=O)N(Cc2ccc3c(N)ncnc3c2)C(C)CN1C(=O)COc1ccc(Cl)s1. The molecule has 3 heterocycles. The molecule has 3 aromatic rings. The van der Waals surface area contributed by atoms with Crippen molar-refractivity contribution in [3.63, 3.8) is 0 Å². The maximum Gasteiger partial charge on any atom is 0.261 e. The van der Waals surface area contributed by atoms with E-state index in [0.29, 0.717) is 33.8 Å². The lowest BCUT2D eigenvalue weighted by molar-refractivity contribution is -0.158. The van der Waals surface area contributed by atoms with Crippen LogP contribution in [-0.2, 0) is 20.9 Å². The molecule has 2 amide bonds. The summed E-state index contributed by atoms with van der Waals surface area (Å²) in [6.07, 6.45) is 1.42. The van der Waals surface area contributed by atoms with Crippen molar-refractivity contribution in [2.75, 3.05) is 32.6 Å². The third kappa shape index (κ3) is 5.02. The Morgan fingerprint density at radius 2 is 2.12 bits per heavy atom. The van der Waals surface area contributed by atoms with Gasteiger partial charge in [-0.05, 0) is 36.8 Å². The van der Waals surface area contributed by atoms with Crippen LogP contribution in [0.2, 0.25) is 4.34 Å². The number of nitrogen functional groups attached to an aromatic ring is 1. The number of hydrogen-bond acceptors (Lipinski definition) is 8. The van der Waals surface area contributed by atoms with Gasteiger partial charge in [0.05, 0.1) is 16.5 Å².